The van der Waals surface area contributed by atoms with Crippen molar-refractivity contribution in [1.82, 2.24) is 0 Å². The second-order valence-corrected chi connectivity index (χ2v) is 5.99. The summed E-state index contributed by atoms with van der Waals surface area (Å²) in [6.07, 6.45) is 1.30. The number of esters is 1. The maximum Gasteiger partial charge on any atom is 0.308 e. The molecule has 24 heavy (non-hydrogen) atoms. The van der Waals surface area contributed by atoms with Gasteiger partial charge in [-0.05, 0) is 31.9 Å². The molecule has 0 aromatic heterocycles. The molecule has 0 N–H and O–H groups in total. The van der Waals surface area contributed by atoms with Crippen LogP contribution in [0.5, 0.6) is 5.75 Å². The van der Waals surface area contributed by atoms with E-state index in [9.17, 15) is 14.4 Å². The Balaban J connectivity index is 2.30. The predicted octanol–water partition coefficient (Wildman–Crippen LogP) is 2.54. The Morgan fingerprint density at radius 3 is 2.62 bits per heavy atom. The van der Waals surface area contributed by atoms with Crippen LogP contribution in [0.1, 0.15) is 58.7 Å². The number of ketones is 2. The molecule has 2 atom stereocenters. The Morgan fingerprint density at radius 1 is 1.29 bits per heavy atom. The normalized spacial score (nSPS) is 22.4. The molecule has 0 radical (unpaired) electrons. The third-order valence-corrected chi connectivity index (χ3v) is 4.20. The van der Waals surface area contributed by atoms with E-state index in [1.165, 1.54) is 14.0 Å². The van der Waals surface area contributed by atoms with Crippen LogP contribution in [0.4, 0.5) is 0 Å². The zero-order valence-corrected chi connectivity index (χ0v) is 14.0. The lowest BCUT2D eigenvalue weighted by Crippen LogP contribution is -2.27. The highest BCUT2D eigenvalue weighted by molar-refractivity contribution is 6.25. The molecule has 1 heterocycles. The maximum absolute atomic E-state index is 12.6. The number of carbonyl (C=O) groups is 3. The van der Waals surface area contributed by atoms with Gasteiger partial charge < -0.3 is 14.2 Å². The van der Waals surface area contributed by atoms with Crippen LogP contribution in [0.2, 0.25) is 0 Å². The molecule has 1 aliphatic heterocycles. The van der Waals surface area contributed by atoms with E-state index in [1.54, 1.807) is 6.07 Å². The number of ether oxygens (including phenoxy) is 3. The van der Waals surface area contributed by atoms with Gasteiger partial charge in [-0.3, -0.25) is 14.4 Å². The lowest BCUT2D eigenvalue weighted by atomic mass is 9.84. The minimum atomic E-state index is -0.557. The molecule has 2 aliphatic rings. The highest BCUT2D eigenvalue weighted by Crippen LogP contribution is 2.42. The summed E-state index contributed by atoms with van der Waals surface area (Å²) in [4.78, 5) is 36.6. The van der Waals surface area contributed by atoms with Crippen molar-refractivity contribution in [3.05, 3.63) is 40.2 Å². The van der Waals surface area contributed by atoms with E-state index in [-0.39, 0.29) is 34.8 Å². The van der Waals surface area contributed by atoms with Crippen LogP contribution in [0.15, 0.2) is 17.9 Å². The van der Waals surface area contributed by atoms with Crippen molar-refractivity contribution in [2.24, 2.45) is 0 Å². The first kappa shape index (κ1) is 16.4. The summed E-state index contributed by atoms with van der Waals surface area (Å²) in [6.45, 7) is 5.02. The van der Waals surface area contributed by atoms with Gasteiger partial charge in [0.2, 0.25) is 5.78 Å². The maximum atomic E-state index is 12.6. The molecule has 3 rings (SSSR count). The number of Topliss-reactive ketones (excluding diaryl/α,β-unsaturated/α-hetero) is 1. The van der Waals surface area contributed by atoms with Gasteiger partial charge in [0.1, 0.15) is 5.75 Å². The van der Waals surface area contributed by atoms with E-state index < -0.39 is 17.5 Å². The minimum absolute atomic E-state index is 0.0191. The molecule has 0 saturated carbocycles. The standard InChI is InChI=1S/C18H18O6/c1-8-5-11-6-12-16(13(20)7-14(22-4)17(12)21)18(24-10(3)19)15(11)9(2)23-8/h6-9H,5H2,1-4H3/t8-,9+/m0/s1. The predicted molar refractivity (Wildman–Crippen MR) is 84.2 cm³/mol. The Labute approximate surface area is 139 Å². The SMILES string of the molecule is COC1=CC(=O)c2c(cc3c(c2OC(C)=O)[C@@H](C)O[C@@H](C)C3)C1=O. The van der Waals surface area contributed by atoms with Crippen molar-refractivity contribution >= 4 is 17.5 Å². The van der Waals surface area contributed by atoms with Gasteiger partial charge in [0.05, 0.1) is 24.9 Å². The molecule has 0 bridgehead atoms. The molecule has 0 unspecified atom stereocenters. The van der Waals surface area contributed by atoms with Crippen LogP contribution in [-0.4, -0.2) is 30.7 Å². The zero-order chi connectivity index (χ0) is 17.6. The molecule has 0 saturated heterocycles. The second kappa shape index (κ2) is 5.87. The first-order valence-electron chi connectivity index (χ1n) is 7.71. The lowest BCUT2D eigenvalue weighted by Gasteiger charge is -2.31. The number of hydrogen-bond acceptors (Lipinski definition) is 6. The molecule has 0 amide bonds. The van der Waals surface area contributed by atoms with Crippen LogP contribution < -0.4 is 4.74 Å². The van der Waals surface area contributed by atoms with Gasteiger partial charge in [-0.15, -0.1) is 0 Å². The van der Waals surface area contributed by atoms with E-state index >= 15 is 0 Å². The molecule has 0 fully saturated rings. The van der Waals surface area contributed by atoms with Gasteiger partial charge in [0, 0.05) is 24.1 Å². The molecule has 1 aromatic carbocycles. The summed E-state index contributed by atoms with van der Waals surface area (Å²) in [5, 5.41) is 0. The molecule has 126 valence electrons. The average molecular weight is 330 g/mol. The number of allylic oxidation sites excluding steroid dienone is 2. The van der Waals surface area contributed by atoms with Gasteiger partial charge in [0.25, 0.3) is 0 Å². The fourth-order valence-corrected chi connectivity index (χ4v) is 3.33. The third kappa shape index (κ3) is 2.53. The first-order chi connectivity index (χ1) is 11.3. The molecule has 0 spiro atoms. The van der Waals surface area contributed by atoms with Gasteiger partial charge in [-0.2, -0.15) is 0 Å². The lowest BCUT2D eigenvalue weighted by molar-refractivity contribution is -0.132. The van der Waals surface area contributed by atoms with E-state index in [4.69, 9.17) is 14.2 Å². The first-order valence-corrected chi connectivity index (χ1v) is 7.71. The molecule has 6 heteroatoms. The Hall–Kier alpha value is -2.47. The minimum Gasteiger partial charge on any atom is -0.492 e. The van der Waals surface area contributed by atoms with E-state index in [0.29, 0.717) is 12.0 Å². The van der Waals surface area contributed by atoms with Crippen LogP contribution in [0.3, 0.4) is 0 Å². The summed E-state index contributed by atoms with van der Waals surface area (Å²) in [6, 6.07) is 1.69. The fraction of sp³-hybridized carbons (Fsp3) is 0.389. The van der Waals surface area contributed by atoms with Gasteiger partial charge in [0.15, 0.2) is 11.5 Å². The second-order valence-electron chi connectivity index (χ2n) is 5.99. The van der Waals surface area contributed by atoms with Crippen molar-refractivity contribution < 1.29 is 28.6 Å². The van der Waals surface area contributed by atoms with Gasteiger partial charge in [-0.25, -0.2) is 0 Å². The summed E-state index contributed by atoms with van der Waals surface area (Å²) < 4.78 is 16.1. The monoisotopic (exact) mass is 330 g/mol. The molecular formula is C18H18O6. The quantitative estimate of drug-likeness (QED) is 0.612. The number of fused-ring (bicyclic) bond motifs is 2. The highest BCUT2D eigenvalue weighted by Gasteiger charge is 2.36. The summed E-state index contributed by atoms with van der Waals surface area (Å²) in [7, 11) is 1.34. The molecule has 6 nitrogen and oxygen atoms in total. The van der Waals surface area contributed by atoms with E-state index in [1.807, 2.05) is 13.8 Å². The molecule has 1 aromatic rings. The van der Waals surface area contributed by atoms with Crippen LogP contribution in [0, 0.1) is 0 Å². The topological polar surface area (TPSA) is 78.9 Å². The van der Waals surface area contributed by atoms with Crippen LogP contribution in [0.25, 0.3) is 0 Å². The number of carbonyl (C=O) groups excluding carboxylic acids is 3. The van der Waals surface area contributed by atoms with Crippen molar-refractivity contribution in [2.45, 2.75) is 39.4 Å². The largest absolute Gasteiger partial charge is 0.492 e. The molecule has 1 aliphatic carbocycles. The van der Waals surface area contributed by atoms with E-state index in [0.717, 1.165) is 11.6 Å². The van der Waals surface area contributed by atoms with Gasteiger partial charge >= 0.3 is 5.97 Å². The van der Waals surface area contributed by atoms with Crippen molar-refractivity contribution in [2.75, 3.05) is 7.11 Å². The Bertz CT molecular complexity index is 789. The smallest absolute Gasteiger partial charge is 0.308 e. The zero-order valence-electron chi connectivity index (χ0n) is 14.0. The summed E-state index contributed by atoms with van der Waals surface area (Å²) >= 11 is 0. The van der Waals surface area contributed by atoms with E-state index in [2.05, 4.69) is 0 Å². The van der Waals surface area contributed by atoms with Crippen molar-refractivity contribution in [1.29, 1.82) is 0 Å². The number of benzene rings is 1. The van der Waals surface area contributed by atoms with Crippen molar-refractivity contribution in [3.8, 4) is 5.75 Å². The number of methoxy groups -OCH3 is 1. The third-order valence-electron chi connectivity index (χ3n) is 4.20. The molecular weight excluding hydrogens is 312 g/mol. The summed E-state index contributed by atoms with van der Waals surface area (Å²) in [5.74, 6) is -1.27. The number of hydrogen-bond donors (Lipinski definition) is 0. The van der Waals surface area contributed by atoms with Crippen molar-refractivity contribution in [3.63, 3.8) is 0 Å². The van der Waals surface area contributed by atoms with Gasteiger partial charge in [-0.1, -0.05) is 0 Å². The highest BCUT2D eigenvalue weighted by atomic mass is 16.5. The Morgan fingerprint density at radius 2 is 2.00 bits per heavy atom. The average Bonchev–Trinajstić information content (AvgIpc) is 2.49. The van der Waals surface area contributed by atoms with Crippen LogP contribution >= 0.6 is 0 Å². The van der Waals surface area contributed by atoms with Crippen LogP contribution in [-0.2, 0) is 20.7 Å². The fourth-order valence-electron chi connectivity index (χ4n) is 3.33. The number of rotatable bonds is 2. The Kier molecular flexibility index (Phi) is 4.01. The summed E-state index contributed by atoms with van der Waals surface area (Å²) in [5.41, 5.74) is 1.79.